The summed E-state index contributed by atoms with van der Waals surface area (Å²) in [5.41, 5.74) is -0.597. The van der Waals surface area contributed by atoms with Gasteiger partial charge < -0.3 is 15.2 Å². The highest BCUT2D eigenvalue weighted by Gasteiger charge is 2.43. The first-order valence-corrected chi connectivity index (χ1v) is 8.69. The Balaban J connectivity index is 2.08. The van der Waals surface area contributed by atoms with Crippen molar-refractivity contribution in [2.75, 3.05) is 7.11 Å². The first-order valence-electron chi connectivity index (χ1n) is 8.25. The molecule has 0 aromatic heterocycles. The molecule has 0 spiro atoms. The Labute approximate surface area is 147 Å². The number of alkyl halides is 1. The monoisotopic (exact) mass is 353 g/mol. The zero-order valence-electron chi connectivity index (χ0n) is 14.0. The molecular formula is C18H24ClNO4. The van der Waals surface area contributed by atoms with Crippen LogP contribution in [0, 0.1) is 5.92 Å². The lowest BCUT2D eigenvalue weighted by Crippen LogP contribution is -2.57. The molecule has 0 bridgehead atoms. The second-order valence-corrected chi connectivity index (χ2v) is 6.80. The third kappa shape index (κ3) is 4.01. The van der Waals surface area contributed by atoms with Gasteiger partial charge in [0, 0.05) is 0 Å². The van der Waals surface area contributed by atoms with E-state index in [0.29, 0.717) is 30.1 Å². The van der Waals surface area contributed by atoms with E-state index in [1.165, 1.54) is 0 Å². The highest BCUT2D eigenvalue weighted by atomic mass is 35.5. The quantitative estimate of drug-likeness (QED) is 0.767. The summed E-state index contributed by atoms with van der Waals surface area (Å²) < 4.78 is 5.08. The number of halogens is 1. The molecule has 5 nitrogen and oxygen atoms in total. The number of benzene rings is 1. The maximum absolute atomic E-state index is 12.5. The molecule has 1 aromatic rings. The number of rotatable bonds is 6. The van der Waals surface area contributed by atoms with Crippen LogP contribution >= 0.6 is 11.6 Å². The molecule has 1 unspecified atom stereocenters. The van der Waals surface area contributed by atoms with E-state index in [0.717, 1.165) is 19.3 Å². The predicted octanol–water partition coefficient (Wildman–Crippen LogP) is 3.51. The highest BCUT2D eigenvalue weighted by molar-refractivity contribution is 6.31. The van der Waals surface area contributed by atoms with Crippen molar-refractivity contribution in [1.29, 1.82) is 0 Å². The van der Waals surface area contributed by atoms with E-state index in [1.54, 1.807) is 31.4 Å². The number of amides is 1. The van der Waals surface area contributed by atoms with E-state index in [4.69, 9.17) is 16.3 Å². The second-order valence-electron chi connectivity index (χ2n) is 6.36. The number of aliphatic carboxylic acids is 1. The molecule has 1 atom stereocenters. The van der Waals surface area contributed by atoms with Gasteiger partial charge in [-0.05, 0) is 49.3 Å². The van der Waals surface area contributed by atoms with Gasteiger partial charge in [0.15, 0.2) is 0 Å². The van der Waals surface area contributed by atoms with Crippen LogP contribution in [0.5, 0.6) is 5.75 Å². The molecule has 0 saturated heterocycles. The first-order chi connectivity index (χ1) is 11.4. The van der Waals surface area contributed by atoms with Crippen molar-refractivity contribution in [3.05, 3.63) is 29.8 Å². The van der Waals surface area contributed by atoms with Crippen LogP contribution < -0.4 is 10.1 Å². The summed E-state index contributed by atoms with van der Waals surface area (Å²) in [4.78, 5) is 24.3. The molecule has 1 amide bonds. The summed E-state index contributed by atoms with van der Waals surface area (Å²) >= 11 is 6.25. The summed E-state index contributed by atoms with van der Waals surface area (Å²) in [6, 6.07) is 6.85. The van der Waals surface area contributed by atoms with Crippen molar-refractivity contribution in [1.82, 2.24) is 5.32 Å². The van der Waals surface area contributed by atoms with Crippen LogP contribution in [-0.2, 0) is 9.59 Å². The van der Waals surface area contributed by atoms with Crippen LogP contribution in [0.15, 0.2) is 24.3 Å². The molecule has 132 valence electrons. The van der Waals surface area contributed by atoms with E-state index in [2.05, 4.69) is 12.2 Å². The van der Waals surface area contributed by atoms with Gasteiger partial charge in [-0.2, -0.15) is 0 Å². The van der Waals surface area contributed by atoms with E-state index in [-0.39, 0.29) is 0 Å². The molecule has 2 N–H and O–H groups in total. The lowest BCUT2D eigenvalue weighted by atomic mass is 9.75. The Morgan fingerprint density at radius 2 is 1.92 bits per heavy atom. The van der Waals surface area contributed by atoms with Crippen LogP contribution in [0.3, 0.4) is 0 Å². The fourth-order valence-electron chi connectivity index (χ4n) is 3.19. The number of hydrogen-bond acceptors (Lipinski definition) is 3. The van der Waals surface area contributed by atoms with Gasteiger partial charge in [-0.1, -0.05) is 25.5 Å². The smallest absolute Gasteiger partial charge is 0.329 e. The summed E-state index contributed by atoms with van der Waals surface area (Å²) in [5.74, 6) is -0.256. The van der Waals surface area contributed by atoms with E-state index < -0.39 is 22.8 Å². The lowest BCUT2D eigenvalue weighted by Gasteiger charge is -2.37. The molecule has 2 rings (SSSR count). The number of carboxylic acid groups (broad SMARTS) is 1. The van der Waals surface area contributed by atoms with Crippen LogP contribution in [0.2, 0.25) is 0 Å². The average Bonchev–Trinajstić information content (AvgIpc) is 2.61. The number of carboxylic acids is 1. The van der Waals surface area contributed by atoms with Crippen molar-refractivity contribution in [3.63, 3.8) is 0 Å². The molecule has 1 saturated carbocycles. The van der Waals surface area contributed by atoms with Crippen molar-refractivity contribution >= 4 is 23.5 Å². The summed E-state index contributed by atoms with van der Waals surface area (Å²) in [6.07, 6.45) is 3.53. The number of carbonyl (C=O) groups is 2. The molecule has 24 heavy (non-hydrogen) atoms. The lowest BCUT2D eigenvalue weighted by molar-refractivity contribution is -0.149. The van der Waals surface area contributed by atoms with Gasteiger partial charge in [0.1, 0.15) is 16.7 Å². The third-order valence-electron chi connectivity index (χ3n) is 4.95. The Bertz CT molecular complexity index is 579. The van der Waals surface area contributed by atoms with Gasteiger partial charge in [0.05, 0.1) is 7.11 Å². The molecular weight excluding hydrogens is 330 g/mol. The average molecular weight is 354 g/mol. The maximum Gasteiger partial charge on any atom is 0.329 e. The summed E-state index contributed by atoms with van der Waals surface area (Å²) in [6.45, 7) is 2.11. The Kier molecular flexibility index (Phi) is 6.10. The molecule has 0 heterocycles. The van der Waals surface area contributed by atoms with Crippen LogP contribution in [-0.4, -0.2) is 29.6 Å². The topological polar surface area (TPSA) is 75.6 Å². The van der Waals surface area contributed by atoms with Crippen LogP contribution in [0.4, 0.5) is 0 Å². The zero-order chi connectivity index (χ0) is 17.7. The predicted molar refractivity (Wildman–Crippen MR) is 92.3 cm³/mol. The molecule has 6 heteroatoms. The number of nitrogens with one attached hydrogen (secondary N) is 1. The van der Waals surface area contributed by atoms with Crippen molar-refractivity contribution in [2.45, 2.75) is 49.9 Å². The SMILES string of the molecule is CCC1CCC(NC(=O)C(Cl)c2ccc(OC)cc2)(C(=O)O)CC1. The number of hydrogen-bond donors (Lipinski definition) is 2. The third-order valence-corrected chi connectivity index (χ3v) is 5.40. The normalized spacial score (nSPS) is 24.9. The van der Waals surface area contributed by atoms with Gasteiger partial charge in [0.25, 0.3) is 0 Å². The number of methoxy groups -OCH3 is 1. The number of ether oxygens (including phenoxy) is 1. The fourth-order valence-corrected chi connectivity index (χ4v) is 3.39. The minimum absolute atomic E-state index is 0.443. The van der Waals surface area contributed by atoms with E-state index >= 15 is 0 Å². The van der Waals surface area contributed by atoms with Crippen LogP contribution in [0.1, 0.15) is 50.0 Å². The summed E-state index contributed by atoms with van der Waals surface area (Å²) in [5, 5.41) is 11.4. The van der Waals surface area contributed by atoms with Crippen molar-refractivity contribution in [3.8, 4) is 5.75 Å². The van der Waals surface area contributed by atoms with Crippen molar-refractivity contribution < 1.29 is 19.4 Å². The van der Waals surface area contributed by atoms with Crippen LogP contribution in [0.25, 0.3) is 0 Å². The Hall–Kier alpha value is -1.75. The first kappa shape index (κ1) is 18.6. The zero-order valence-corrected chi connectivity index (χ0v) is 14.8. The Morgan fingerprint density at radius 3 is 2.38 bits per heavy atom. The van der Waals surface area contributed by atoms with Gasteiger partial charge in [-0.15, -0.1) is 11.6 Å². The van der Waals surface area contributed by atoms with E-state index in [9.17, 15) is 14.7 Å². The molecule has 1 fully saturated rings. The largest absolute Gasteiger partial charge is 0.497 e. The van der Waals surface area contributed by atoms with Gasteiger partial charge in [-0.3, -0.25) is 4.79 Å². The summed E-state index contributed by atoms with van der Waals surface area (Å²) in [7, 11) is 1.56. The van der Waals surface area contributed by atoms with Gasteiger partial charge in [-0.25, -0.2) is 4.79 Å². The minimum Gasteiger partial charge on any atom is -0.497 e. The van der Waals surface area contributed by atoms with Gasteiger partial charge in [0.2, 0.25) is 5.91 Å². The standard InChI is InChI=1S/C18H24ClNO4/c1-3-12-8-10-18(11-9-12,17(22)23)20-16(21)15(19)13-4-6-14(24-2)7-5-13/h4-7,12,15H,3,8-11H2,1-2H3,(H,20,21)(H,22,23). The fraction of sp³-hybridized carbons (Fsp3) is 0.556. The minimum atomic E-state index is -1.21. The molecule has 1 aliphatic rings. The van der Waals surface area contributed by atoms with E-state index in [1.807, 2.05) is 0 Å². The molecule has 0 aliphatic heterocycles. The Morgan fingerprint density at radius 1 is 1.33 bits per heavy atom. The van der Waals surface area contributed by atoms with Crippen molar-refractivity contribution in [2.24, 2.45) is 5.92 Å². The molecule has 1 aliphatic carbocycles. The highest BCUT2D eigenvalue weighted by Crippen LogP contribution is 2.35. The molecule has 0 radical (unpaired) electrons. The molecule has 1 aromatic carbocycles. The number of carbonyl (C=O) groups excluding carboxylic acids is 1. The van der Waals surface area contributed by atoms with Gasteiger partial charge >= 0.3 is 5.97 Å². The maximum atomic E-state index is 12.5. The second kappa shape index (κ2) is 7.88.